The number of anilines is 2. The highest BCUT2D eigenvalue weighted by Gasteiger charge is 2.23. The van der Waals surface area contributed by atoms with Gasteiger partial charge < -0.3 is 5.32 Å². The Balaban J connectivity index is 1.62. The van der Waals surface area contributed by atoms with Gasteiger partial charge in [0.25, 0.3) is 0 Å². The lowest BCUT2D eigenvalue weighted by molar-refractivity contribution is 0.182. The van der Waals surface area contributed by atoms with E-state index in [1.807, 2.05) is 19.1 Å². The molecule has 1 aliphatic rings. The molecule has 1 N–H and O–H groups in total. The van der Waals surface area contributed by atoms with Crippen molar-refractivity contribution in [3.05, 3.63) is 41.0 Å². The molecule has 7 nitrogen and oxygen atoms in total. The van der Waals surface area contributed by atoms with Crippen LogP contribution in [0.15, 0.2) is 24.9 Å². The van der Waals surface area contributed by atoms with E-state index in [1.54, 1.807) is 23.6 Å². The van der Waals surface area contributed by atoms with Crippen molar-refractivity contribution in [2.45, 2.75) is 13.5 Å². The van der Waals surface area contributed by atoms with Crippen molar-refractivity contribution in [3.8, 4) is 0 Å². The van der Waals surface area contributed by atoms with Gasteiger partial charge in [-0.25, -0.2) is 18.4 Å². The number of aryl methyl sites for hydroxylation is 1. The molecule has 9 heteroatoms. The lowest BCUT2D eigenvalue weighted by atomic mass is 10.2. The monoisotopic (exact) mass is 393 g/mol. The Morgan fingerprint density at radius 1 is 1.35 bits per heavy atom. The first-order valence-corrected chi connectivity index (χ1v) is 11.0. The lowest BCUT2D eigenvalue weighted by Gasteiger charge is -2.33. The highest BCUT2D eigenvalue weighted by atomic mass is 32.2. The quantitative estimate of drug-likeness (QED) is 0.811. The fraction of sp³-hybridized carbons (Fsp3) is 0.412. The summed E-state index contributed by atoms with van der Waals surface area (Å²) in [6, 6.07) is 3.99. The van der Waals surface area contributed by atoms with Crippen LogP contribution in [0.25, 0.3) is 6.08 Å². The number of pyridine rings is 1. The molecule has 0 radical (unpaired) electrons. The SMILES string of the molecule is C=Cc1sc(Nc2cc(CN3CCN(S(C)(=O)=O)CC3)ccn2)nc1C. The van der Waals surface area contributed by atoms with Gasteiger partial charge in [0.15, 0.2) is 5.13 Å². The molecule has 2 aromatic heterocycles. The Kier molecular flexibility index (Phi) is 5.71. The van der Waals surface area contributed by atoms with Crippen molar-refractivity contribution in [3.63, 3.8) is 0 Å². The molecule has 0 spiro atoms. The van der Waals surface area contributed by atoms with Crippen molar-refractivity contribution < 1.29 is 8.42 Å². The van der Waals surface area contributed by atoms with E-state index in [-0.39, 0.29) is 0 Å². The highest BCUT2D eigenvalue weighted by Crippen LogP contribution is 2.26. The van der Waals surface area contributed by atoms with Gasteiger partial charge in [-0.1, -0.05) is 24.0 Å². The molecule has 2 aromatic rings. The van der Waals surface area contributed by atoms with Crippen LogP contribution in [-0.4, -0.2) is 60.0 Å². The first kappa shape index (κ1) is 19.0. The summed E-state index contributed by atoms with van der Waals surface area (Å²) in [4.78, 5) is 12.1. The fourth-order valence-electron chi connectivity index (χ4n) is 2.88. The van der Waals surface area contributed by atoms with Gasteiger partial charge in [-0.2, -0.15) is 4.31 Å². The minimum Gasteiger partial charge on any atom is -0.316 e. The maximum absolute atomic E-state index is 11.6. The van der Waals surface area contributed by atoms with Gasteiger partial charge in [0, 0.05) is 38.9 Å². The number of hydrogen-bond donors (Lipinski definition) is 1. The molecule has 3 rings (SSSR count). The largest absolute Gasteiger partial charge is 0.316 e. The summed E-state index contributed by atoms with van der Waals surface area (Å²) in [5.74, 6) is 0.752. The van der Waals surface area contributed by atoms with Gasteiger partial charge >= 0.3 is 0 Å². The average Bonchev–Trinajstić information content (AvgIpc) is 2.94. The zero-order valence-electron chi connectivity index (χ0n) is 15.0. The predicted octanol–water partition coefficient (Wildman–Crippen LogP) is 2.31. The lowest BCUT2D eigenvalue weighted by Crippen LogP contribution is -2.47. The Morgan fingerprint density at radius 3 is 2.69 bits per heavy atom. The van der Waals surface area contributed by atoms with Gasteiger partial charge in [0.05, 0.1) is 16.8 Å². The molecule has 0 aliphatic carbocycles. The maximum atomic E-state index is 11.6. The summed E-state index contributed by atoms with van der Waals surface area (Å²) in [5.41, 5.74) is 2.08. The second kappa shape index (κ2) is 7.83. The van der Waals surface area contributed by atoms with Crippen LogP contribution in [0.4, 0.5) is 10.9 Å². The van der Waals surface area contributed by atoms with E-state index in [9.17, 15) is 8.42 Å². The van der Waals surface area contributed by atoms with Crippen LogP contribution in [0, 0.1) is 6.92 Å². The topological polar surface area (TPSA) is 78.4 Å². The number of rotatable bonds is 6. The molecule has 1 saturated heterocycles. The number of aromatic nitrogens is 2. The van der Waals surface area contributed by atoms with Crippen LogP contribution in [0.1, 0.15) is 16.1 Å². The van der Waals surface area contributed by atoms with Gasteiger partial charge in [-0.3, -0.25) is 4.90 Å². The number of piperazine rings is 1. The second-order valence-corrected chi connectivity index (χ2v) is 9.30. The molecule has 1 fully saturated rings. The molecular weight excluding hydrogens is 370 g/mol. The van der Waals surface area contributed by atoms with Crippen molar-refractivity contribution in [2.75, 3.05) is 37.8 Å². The van der Waals surface area contributed by atoms with Crippen molar-refractivity contribution in [1.29, 1.82) is 0 Å². The normalized spacial score (nSPS) is 16.5. The Bertz CT molecular complexity index is 886. The van der Waals surface area contributed by atoms with Crippen LogP contribution < -0.4 is 5.32 Å². The van der Waals surface area contributed by atoms with Gasteiger partial charge in [0.2, 0.25) is 10.0 Å². The molecule has 3 heterocycles. The zero-order valence-corrected chi connectivity index (χ0v) is 16.6. The third-order valence-corrected chi connectivity index (χ3v) is 6.66. The molecule has 0 aromatic carbocycles. The predicted molar refractivity (Wildman–Crippen MR) is 106 cm³/mol. The molecule has 0 atom stereocenters. The van der Waals surface area contributed by atoms with E-state index < -0.39 is 10.0 Å². The summed E-state index contributed by atoms with van der Waals surface area (Å²) in [6.07, 6.45) is 4.85. The number of hydrogen-bond acceptors (Lipinski definition) is 7. The number of thiazole rings is 1. The molecule has 0 amide bonds. The van der Waals surface area contributed by atoms with Gasteiger partial charge in [0.1, 0.15) is 5.82 Å². The van der Waals surface area contributed by atoms with Gasteiger partial charge in [-0.05, 0) is 24.6 Å². The summed E-state index contributed by atoms with van der Waals surface area (Å²) >= 11 is 1.55. The summed E-state index contributed by atoms with van der Waals surface area (Å²) < 4.78 is 24.7. The van der Waals surface area contributed by atoms with E-state index in [4.69, 9.17) is 0 Å². The molecule has 0 unspecified atom stereocenters. The average molecular weight is 394 g/mol. The molecule has 0 saturated carbocycles. The molecule has 26 heavy (non-hydrogen) atoms. The standard InChI is InChI=1S/C17H23N5O2S2/c1-4-15-13(2)19-17(25-15)20-16-11-14(5-6-18-16)12-21-7-9-22(10-8-21)26(3,23)24/h4-6,11H,1,7-10,12H2,2-3H3,(H,18,19,20). The van der Waals surface area contributed by atoms with Gasteiger partial charge in [-0.15, -0.1) is 0 Å². The Hall–Kier alpha value is -1.81. The first-order valence-electron chi connectivity index (χ1n) is 8.34. The summed E-state index contributed by atoms with van der Waals surface area (Å²) in [6.45, 7) is 9.05. The van der Waals surface area contributed by atoms with E-state index >= 15 is 0 Å². The molecule has 140 valence electrons. The number of sulfonamides is 1. The minimum absolute atomic E-state index is 0.539. The number of nitrogens with one attached hydrogen (secondary N) is 1. The van der Waals surface area contributed by atoms with E-state index in [2.05, 4.69) is 26.8 Å². The van der Waals surface area contributed by atoms with E-state index in [1.165, 1.54) is 10.6 Å². The van der Waals surface area contributed by atoms with Crippen LogP contribution in [-0.2, 0) is 16.6 Å². The molecule has 1 aliphatic heterocycles. The van der Waals surface area contributed by atoms with E-state index in [0.717, 1.165) is 46.7 Å². The Morgan fingerprint density at radius 2 is 2.08 bits per heavy atom. The van der Waals surface area contributed by atoms with Crippen LogP contribution in [0.5, 0.6) is 0 Å². The summed E-state index contributed by atoms with van der Waals surface area (Å²) in [7, 11) is -3.09. The van der Waals surface area contributed by atoms with Crippen molar-refractivity contribution >= 4 is 38.4 Å². The smallest absolute Gasteiger partial charge is 0.211 e. The van der Waals surface area contributed by atoms with Crippen LogP contribution >= 0.6 is 11.3 Å². The van der Waals surface area contributed by atoms with Crippen LogP contribution in [0.3, 0.4) is 0 Å². The maximum Gasteiger partial charge on any atom is 0.211 e. The minimum atomic E-state index is -3.09. The van der Waals surface area contributed by atoms with Crippen molar-refractivity contribution in [1.82, 2.24) is 19.2 Å². The van der Waals surface area contributed by atoms with Crippen molar-refractivity contribution in [2.24, 2.45) is 0 Å². The fourth-order valence-corrected chi connectivity index (χ4v) is 4.53. The number of nitrogens with zero attached hydrogens (tertiary/aromatic N) is 4. The molecule has 0 bridgehead atoms. The third-order valence-electron chi connectivity index (χ3n) is 4.28. The summed E-state index contributed by atoms with van der Waals surface area (Å²) in [5, 5.41) is 4.04. The second-order valence-electron chi connectivity index (χ2n) is 6.29. The first-order chi connectivity index (χ1) is 12.3. The highest BCUT2D eigenvalue weighted by molar-refractivity contribution is 7.88. The van der Waals surface area contributed by atoms with Crippen LogP contribution in [0.2, 0.25) is 0 Å². The Labute approximate surface area is 158 Å². The zero-order chi connectivity index (χ0) is 18.7. The third kappa shape index (κ3) is 4.67. The molecular formula is C17H23N5O2S2. The van der Waals surface area contributed by atoms with E-state index in [0.29, 0.717) is 13.1 Å².